The summed E-state index contributed by atoms with van der Waals surface area (Å²) in [4.78, 5) is 0. The maximum Gasteiger partial charge on any atom is 0.200 e. The predicted octanol–water partition coefficient (Wildman–Crippen LogP) is 8.66. The molecule has 4 unspecified atom stereocenters. The van der Waals surface area contributed by atoms with Gasteiger partial charge in [-0.25, -0.2) is 4.39 Å². The molecule has 0 aromatic heterocycles. The third-order valence-corrected chi connectivity index (χ3v) is 9.06. The molecule has 3 saturated carbocycles. The normalized spacial score (nSPS) is 33.7. The van der Waals surface area contributed by atoms with E-state index in [4.69, 9.17) is 4.74 Å². The van der Waals surface area contributed by atoms with Crippen molar-refractivity contribution in [1.82, 2.24) is 0 Å². The van der Waals surface area contributed by atoms with Crippen LogP contribution >= 0.6 is 0 Å². The lowest BCUT2D eigenvalue weighted by Crippen LogP contribution is -2.34. The third kappa shape index (κ3) is 5.28. The highest BCUT2D eigenvalue weighted by molar-refractivity contribution is 5.33. The number of benzene rings is 1. The number of rotatable bonds is 7. The number of halogens is 2. The molecular formula is C28H42F2O. The summed E-state index contributed by atoms with van der Waals surface area (Å²) in [5.41, 5.74) is 0.582. The van der Waals surface area contributed by atoms with Crippen molar-refractivity contribution in [3.63, 3.8) is 0 Å². The third-order valence-electron chi connectivity index (χ3n) is 9.06. The van der Waals surface area contributed by atoms with Crippen molar-refractivity contribution in [3.8, 4) is 5.75 Å². The van der Waals surface area contributed by atoms with Gasteiger partial charge in [-0.1, -0.05) is 45.6 Å². The van der Waals surface area contributed by atoms with Crippen LogP contribution < -0.4 is 4.74 Å². The Morgan fingerprint density at radius 1 is 0.774 bits per heavy atom. The number of hydrogen-bond acceptors (Lipinski definition) is 1. The topological polar surface area (TPSA) is 9.23 Å². The Labute approximate surface area is 188 Å². The second-order valence-electron chi connectivity index (χ2n) is 10.8. The molecule has 0 spiro atoms. The van der Waals surface area contributed by atoms with Crippen LogP contribution in [0.15, 0.2) is 12.1 Å². The van der Waals surface area contributed by atoms with E-state index in [-0.39, 0.29) is 11.7 Å². The fourth-order valence-corrected chi connectivity index (χ4v) is 7.00. The first kappa shape index (κ1) is 23.1. The molecule has 0 heterocycles. The van der Waals surface area contributed by atoms with Crippen LogP contribution in [-0.2, 0) is 0 Å². The molecule has 0 bridgehead atoms. The van der Waals surface area contributed by atoms with E-state index < -0.39 is 11.6 Å². The minimum atomic E-state index is -0.790. The average Bonchev–Trinajstić information content (AvgIpc) is 2.81. The summed E-state index contributed by atoms with van der Waals surface area (Å²) in [6.45, 7) is 4.85. The number of unbranched alkanes of at least 4 members (excludes halogenated alkanes) is 1. The molecule has 0 amide bonds. The standard InChI is InChI=1S/C28H42F2O/c1-3-5-16-31-26-15-14-25(27(29)28(26)30)24-13-12-22-17-21(10-11-23(22)18-24)20-8-6-19(4-2)7-9-20/h14-15,19-24H,3-13,16-18H2,1-2H3. The fraction of sp³-hybridized carbons (Fsp3) is 0.786. The van der Waals surface area contributed by atoms with Crippen LogP contribution in [0.2, 0.25) is 0 Å². The van der Waals surface area contributed by atoms with Crippen molar-refractivity contribution in [1.29, 1.82) is 0 Å². The largest absolute Gasteiger partial charge is 0.490 e. The molecule has 3 aliphatic rings. The first-order valence-electron chi connectivity index (χ1n) is 13.2. The summed E-state index contributed by atoms with van der Waals surface area (Å²) in [5.74, 6) is 3.13. The second-order valence-corrected chi connectivity index (χ2v) is 10.8. The van der Waals surface area contributed by atoms with Gasteiger partial charge in [-0.05, 0) is 105 Å². The van der Waals surface area contributed by atoms with Gasteiger partial charge in [0.05, 0.1) is 6.61 Å². The van der Waals surface area contributed by atoms with E-state index in [1.165, 1.54) is 57.8 Å². The van der Waals surface area contributed by atoms with Gasteiger partial charge in [0, 0.05) is 0 Å². The second kappa shape index (κ2) is 10.7. The minimum absolute atomic E-state index is 0.0710. The van der Waals surface area contributed by atoms with Crippen molar-refractivity contribution in [2.45, 2.75) is 103 Å². The Kier molecular flexibility index (Phi) is 7.93. The van der Waals surface area contributed by atoms with E-state index in [1.54, 1.807) is 12.1 Å². The highest BCUT2D eigenvalue weighted by atomic mass is 19.2. The highest BCUT2D eigenvalue weighted by Crippen LogP contribution is 2.51. The van der Waals surface area contributed by atoms with Gasteiger partial charge in [-0.15, -0.1) is 0 Å². The van der Waals surface area contributed by atoms with Gasteiger partial charge in [0.2, 0.25) is 5.82 Å². The zero-order valence-corrected chi connectivity index (χ0v) is 19.7. The Morgan fingerprint density at radius 2 is 1.42 bits per heavy atom. The molecule has 3 heteroatoms. The molecule has 1 aromatic rings. The van der Waals surface area contributed by atoms with Gasteiger partial charge in [0.15, 0.2) is 11.6 Å². The van der Waals surface area contributed by atoms with Crippen molar-refractivity contribution < 1.29 is 13.5 Å². The molecule has 31 heavy (non-hydrogen) atoms. The SMILES string of the molecule is CCCCOc1ccc(C2CCC3CC(C4CCC(CC)CC4)CCC3C2)c(F)c1F. The predicted molar refractivity (Wildman–Crippen MR) is 123 cm³/mol. The van der Waals surface area contributed by atoms with Gasteiger partial charge in [-0.2, -0.15) is 4.39 Å². The van der Waals surface area contributed by atoms with E-state index >= 15 is 0 Å². The molecule has 3 aliphatic carbocycles. The van der Waals surface area contributed by atoms with E-state index in [0.29, 0.717) is 18.1 Å². The summed E-state index contributed by atoms with van der Waals surface area (Å²) in [6.07, 6.45) is 16.2. The van der Waals surface area contributed by atoms with E-state index in [9.17, 15) is 8.78 Å². The summed E-state index contributed by atoms with van der Waals surface area (Å²) < 4.78 is 34.9. The van der Waals surface area contributed by atoms with Crippen molar-refractivity contribution in [2.24, 2.45) is 29.6 Å². The zero-order chi connectivity index (χ0) is 21.8. The molecule has 1 aromatic carbocycles. The lowest BCUT2D eigenvalue weighted by molar-refractivity contribution is 0.0711. The molecule has 0 saturated heterocycles. The Hall–Kier alpha value is -1.12. The molecule has 174 valence electrons. The Morgan fingerprint density at radius 3 is 2.13 bits per heavy atom. The molecule has 0 aliphatic heterocycles. The Balaban J connectivity index is 1.33. The van der Waals surface area contributed by atoms with Crippen LogP contribution in [0.1, 0.15) is 109 Å². The van der Waals surface area contributed by atoms with E-state index in [1.807, 2.05) is 0 Å². The zero-order valence-electron chi connectivity index (χ0n) is 19.7. The monoisotopic (exact) mass is 432 g/mol. The maximum atomic E-state index is 14.9. The lowest BCUT2D eigenvalue weighted by Gasteiger charge is -2.45. The molecule has 0 N–H and O–H groups in total. The fourth-order valence-electron chi connectivity index (χ4n) is 7.00. The van der Waals surface area contributed by atoms with Crippen LogP contribution in [0.25, 0.3) is 0 Å². The average molecular weight is 433 g/mol. The van der Waals surface area contributed by atoms with Gasteiger partial charge in [0.1, 0.15) is 0 Å². The van der Waals surface area contributed by atoms with Gasteiger partial charge in [0.25, 0.3) is 0 Å². The van der Waals surface area contributed by atoms with Crippen LogP contribution in [0.3, 0.4) is 0 Å². The maximum absolute atomic E-state index is 14.9. The van der Waals surface area contributed by atoms with Gasteiger partial charge >= 0.3 is 0 Å². The quantitative estimate of drug-likeness (QED) is 0.392. The van der Waals surface area contributed by atoms with Gasteiger partial charge in [-0.3, -0.25) is 0 Å². The number of hydrogen-bond donors (Lipinski definition) is 0. The van der Waals surface area contributed by atoms with Crippen molar-refractivity contribution >= 4 is 0 Å². The van der Waals surface area contributed by atoms with Crippen LogP contribution in [0, 0.1) is 41.2 Å². The van der Waals surface area contributed by atoms with Gasteiger partial charge < -0.3 is 4.74 Å². The molecule has 1 nitrogen and oxygen atoms in total. The smallest absolute Gasteiger partial charge is 0.200 e. The summed E-state index contributed by atoms with van der Waals surface area (Å²) in [6, 6.07) is 3.45. The molecular weight excluding hydrogens is 390 g/mol. The minimum Gasteiger partial charge on any atom is -0.490 e. The number of fused-ring (bicyclic) bond motifs is 1. The summed E-state index contributed by atoms with van der Waals surface area (Å²) in [7, 11) is 0. The van der Waals surface area contributed by atoms with E-state index in [0.717, 1.165) is 49.4 Å². The molecule has 3 fully saturated rings. The molecule has 0 radical (unpaired) electrons. The Bertz CT molecular complexity index is 709. The van der Waals surface area contributed by atoms with Crippen LogP contribution in [0.5, 0.6) is 5.75 Å². The molecule has 4 rings (SSSR count). The van der Waals surface area contributed by atoms with Crippen molar-refractivity contribution in [3.05, 3.63) is 29.3 Å². The summed E-state index contributed by atoms with van der Waals surface area (Å²) in [5, 5.41) is 0. The number of ether oxygens (including phenoxy) is 1. The van der Waals surface area contributed by atoms with Crippen LogP contribution in [-0.4, -0.2) is 6.61 Å². The van der Waals surface area contributed by atoms with E-state index in [2.05, 4.69) is 13.8 Å². The summed E-state index contributed by atoms with van der Waals surface area (Å²) >= 11 is 0. The molecule has 4 atom stereocenters. The lowest BCUT2D eigenvalue weighted by atomic mass is 9.60. The van der Waals surface area contributed by atoms with Crippen LogP contribution in [0.4, 0.5) is 8.78 Å². The first-order chi connectivity index (χ1) is 15.1. The first-order valence-corrected chi connectivity index (χ1v) is 13.2. The highest BCUT2D eigenvalue weighted by Gasteiger charge is 2.39. The van der Waals surface area contributed by atoms with Crippen molar-refractivity contribution in [2.75, 3.05) is 6.61 Å².